The van der Waals surface area contributed by atoms with Crippen molar-refractivity contribution in [3.63, 3.8) is 0 Å². The molecule has 2 heterocycles. The van der Waals surface area contributed by atoms with E-state index in [2.05, 4.69) is 127 Å². The molecule has 0 aromatic heterocycles. The van der Waals surface area contributed by atoms with Crippen LogP contribution in [-0.4, -0.2) is 79.2 Å². The first-order chi connectivity index (χ1) is 32.3. The molecule has 14 heteroatoms. The first-order valence-electron chi connectivity index (χ1n) is 23.4. The van der Waals surface area contributed by atoms with Gasteiger partial charge in [0.25, 0.3) is 20.2 Å². The number of hydrogen-bond donors (Lipinski definition) is 5. The van der Waals surface area contributed by atoms with E-state index in [1.165, 1.54) is 11.1 Å². The van der Waals surface area contributed by atoms with Crippen LogP contribution in [0.2, 0.25) is 0 Å². The van der Waals surface area contributed by atoms with E-state index < -0.39 is 37.3 Å². The normalized spacial score (nSPS) is 19.8. The van der Waals surface area contributed by atoms with Crippen LogP contribution >= 0.6 is 11.8 Å². The van der Waals surface area contributed by atoms with Gasteiger partial charge in [-0.05, 0) is 134 Å². The molecule has 2 aliphatic heterocycles. The van der Waals surface area contributed by atoms with Gasteiger partial charge < -0.3 is 15.7 Å². The second kappa shape index (κ2) is 19.7. The lowest BCUT2D eigenvalue weighted by molar-refractivity contribution is -0.438. The van der Waals surface area contributed by atoms with Gasteiger partial charge >= 0.3 is 0 Å². The Morgan fingerprint density at radius 3 is 2.03 bits per heavy atom. The Bertz CT molecular complexity index is 3130. The predicted octanol–water partition coefficient (Wildman–Crippen LogP) is 10.4. The summed E-state index contributed by atoms with van der Waals surface area (Å²) in [6.45, 7) is 10.0. The number of nitrogens with two attached hydrogens (primary N) is 1. The largest absolute Gasteiger partial charge is 0.399 e. The fourth-order valence-electron chi connectivity index (χ4n) is 10.6. The van der Waals surface area contributed by atoms with Gasteiger partial charge in [0.15, 0.2) is 5.71 Å². The van der Waals surface area contributed by atoms with E-state index in [4.69, 9.17) is 5.73 Å². The molecule has 0 bridgehead atoms. The number of benzene rings is 5. The number of thioether (sulfide) groups is 1. The highest BCUT2D eigenvalue weighted by Crippen LogP contribution is 2.52. The zero-order valence-electron chi connectivity index (χ0n) is 39.4. The summed E-state index contributed by atoms with van der Waals surface area (Å²) in [5.41, 5.74) is 14.7. The number of aliphatic hydroxyl groups is 1. The van der Waals surface area contributed by atoms with Crippen molar-refractivity contribution >= 4 is 76.3 Å². The van der Waals surface area contributed by atoms with Gasteiger partial charge in [0, 0.05) is 68.9 Å². The molecule has 0 amide bonds. The van der Waals surface area contributed by atoms with Crippen LogP contribution in [0.25, 0.3) is 21.5 Å². The lowest BCUT2D eigenvalue weighted by Gasteiger charge is -2.32. The lowest BCUT2D eigenvalue weighted by atomic mass is 9.78. The third kappa shape index (κ3) is 10.4. The first kappa shape index (κ1) is 49.4. The van der Waals surface area contributed by atoms with E-state index in [-0.39, 0.29) is 17.4 Å². The number of nitrogen functional groups attached to an aromatic ring is 1. The molecule has 11 nitrogen and oxygen atoms in total. The maximum Gasteiger partial charge on any atom is 0.264 e. The summed E-state index contributed by atoms with van der Waals surface area (Å²) in [4.78, 5) is 4.38. The van der Waals surface area contributed by atoms with Crippen molar-refractivity contribution in [1.82, 2.24) is 5.32 Å². The van der Waals surface area contributed by atoms with Crippen molar-refractivity contribution in [2.24, 2.45) is 5.92 Å². The monoisotopic (exact) mass is 975 g/mol. The Kier molecular flexibility index (Phi) is 14.3. The molecule has 3 aliphatic rings. The second-order valence-electron chi connectivity index (χ2n) is 19.3. The second-order valence-corrected chi connectivity index (χ2v) is 23.5. The number of anilines is 2. The van der Waals surface area contributed by atoms with Crippen LogP contribution in [-0.2, 0) is 31.1 Å². The summed E-state index contributed by atoms with van der Waals surface area (Å²) in [5, 5.41) is 19.3. The predicted molar refractivity (Wildman–Crippen MR) is 279 cm³/mol. The van der Waals surface area contributed by atoms with Gasteiger partial charge in [-0.25, -0.2) is 0 Å². The van der Waals surface area contributed by atoms with Crippen LogP contribution in [0, 0.1) is 5.92 Å². The van der Waals surface area contributed by atoms with Gasteiger partial charge in [0.2, 0.25) is 5.69 Å². The Morgan fingerprint density at radius 1 is 0.765 bits per heavy atom. The van der Waals surface area contributed by atoms with Crippen molar-refractivity contribution < 1.29 is 35.6 Å². The number of hydrogen-bond acceptors (Lipinski definition) is 9. The van der Waals surface area contributed by atoms with E-state index in [1.807, 2.05) is 36.4 Å². The molecule has 5 aromatic rings. The molecule has 68 heavy (non-hydrogen) atoms. The Balaban J connectivity index is 1.28. The number of fused-ring (bicyclic) bond motifs is 6. The molecule has 2 atom stereocenters. The molecule has 2 unspecified atom stereocenters. The number of aliphatic hydroxyl groups excluding tert-OH is 1. The van der Waals surface area contributed by atoms with Gasteiger partial charge in [0.1, 0.15) is 12.8 Å². The van der Waals surface area contributed by atoms with E-state index in [9.17, 15) is 31.0 Å². The minimum atomic E-state index is -4.10. The molecular formula is C54H63N4O7S3+. The molecule has 0 spiro atoms. The maximum absolute atomic E-state index is 11.7. The Hall–Kier alpha value is -5.06. The highest BCUT2D eigenvalue weighted by molar-refractivity contribution is 8.03. The van der Waals surface area contributed by atoms with Crippen LogP contribution in [0.15, 0.2) is 148 Å². The third-order valence-corrected chi connectivity index (χ3v) is 16.7. The van der Waals surface area contributed by atoms with Gasteiger partial charge in [0.05, 0.1) is 16.9 Å². The van der Waals surface area contributed by atoms with Crippen LogP contribution in [0.5, 0.6) is 0 Å². The van der Waals surface area contributed by atoms with Gasteiger partial charge in [-0.2, -0.15) is 21.4 Å². The molecule has 1 aliphatic carbocycles. The summed E-state index contributed by atoms with van der Waals surface area (Å²) in [5.74, 6) is -0.774. The SMILES string of the molecule is CNC(O)C1CC(/C=C/C2=[N+](CCCCS(=O)(=O)O)c3ccc4ccccc4c3C2(C)C)=C(Sc2ccc(N)cc2)C(=C/C=C2/N(CCCCS(=O)(=O)O)c3ccc4ccccc4c3C2(C)C)/C1. The van der Waals surface area contributed by atoms with Crippen molar-refractivity contribution in [3.8, 4) is 0 Å². The van der Waals surface area contributed by atoms with Gasteiger partial charge in [-0.1, -0.05) is 92.4 Å². The third-order valence-electron chi connectivity index (χ3n) is 13.9. The molecule has 0 saturated heterocycles. The van der Waals surface area contributed by atoms with Crippen LogP contribution in [0.4, 0.5) is 17.1 Å². The number of nitrogens with one attached hydrogen (secondary N) is 1. The Labute approximate surface area is 405 Å². The molecule has 8 rings (SSSR count). The molecule has 358 valence electrons. The summed E-state index contributed by atoms with van der Waals surface area (Å²) >= 11 is 1.67. The summed E-state index contributed by atoms with van der Waals surface area (Å²) in [6.07, 6.45) is 10.9. The maximum atomic E-state index is 11.7. The highest BCUT2D eigenvalue weighted by Gasteiger charge is 2.46. The number of nitrogens with zero attached hydrogens (tertiary/aromatic N) is 2. The summed E-state index contributed by atoms with van der Waals surface area (Å²) in [7, 11) is -6.42. The van der Waals surface area contributed by atoms with E-state index in [0.717, 1.165) is 65.3 Å². The fourth-order valence-corrected chi connectivity index (χ4v) is 12.8. The van der Waals surface area contributed by atoms with Crippen molar-refractivity contribution in [1.29, 1.82) is 0 Å². The number of unbranched alkanes of at least 4 members (excludes halogenated alkanes) is 2. The lowest BCUT2D eigenvalue weighted by Crippen LogP contribution is -2.35. The van der Waals surface area contributed by atoms with Crippen LogP contribution < -0.4 is 16.0 Å². The molecular weight excluding hydrogens is 913 g/mol. The minimum absolute atomic E-state index is 0.173. The van der Waals surface area contributed by atoms with Gasteiger partial charge in [-0.3, -0.25) is 14.4 Å². The van der Waals surface area contributed by atoms with Crippen LogP contribution in [0.3, 0.4) is 0 Å². The Morgan fingerprint density at radius 2 is 1.38 bits per heavy atom. The zero-order chi connectivity index (χ0) is 48.6. The average molecular weight is 976 g/mol. The topological polar surface area (TPSA) is 173 Å². The molecule has 0 saturated carbocycles. The van der Waals surface area contributed by atoms with Crippen LogP contribution in [0.1, 0.15) is 77.3 Å². The van der Waals surface area contributed by atoms with Crippen molar-refractivity contribution in [3.05, 3.63) is 154 Å². The number of rotatable bonds is 17. The molecule has 5 aromatic carbocycles. The smallest absolute Gasteiger partial charge is 0.264 e. The minimum Gasteiger partial charge on any atom is -0.399 e. The number of allylic oxidation sites excluding steroid dienone is 7. The van der Waals surface area contributed by atoms with Gasteiger partial charge in [-0.15, -0.1) is 0 Å². The van der Waals surface area contributed by atoms with Crippen molar-refractivity contribution in [2.45, 2.75) is 88.2 Å². The standard InChI is InChI=1S/C54H62N4O7S3/c1-53(2)47(57(30-10-12-32-67(60,61)62)45-26-18-36-14-6-8-16-43(36)49(45)53)28-20-38-34-40(52(59)56-5)35-39(51(38)66-42-24-22-41(55)23-25-42)21-29-48-54(3,4)50-44-17-9-7-15-37(44)19-27-46(50)58(48)31-11-13-33-68(63,64)65/h6-9,14-29,40,52,56,59H,10-13,30-35,55H2,1-5H3,(H-,60,61,62,63,64,65)/p+1. The first-order valence-corrected chi connectivity index (χ1v) is 27.4. The molecule has 0 fully saturated rings. The summed E-state index contributed by atoms with van der Waals surface area (Å²) < 4.78 is 68.3. The zero-order valence-corrected chi connectivity index (χ0v) is 41.9. The van der Waals surface area contributed by atoms with E-state index >= 15 is 0 Å². The fraction of sp³-hybridized carbons (Fsp3) is 0.352. The molecule has 0 radical (unpaired) electrons. The van der Waals surface area contributed by atoms with Crippen molar-refractivity contribution in [2.75, 3.05) is 42.3 Å². The highest BCUT2D eigenvalue weighted by atomic mass is 32.2. The quantitative estimate of drug-likeness (QED) is 0.0197. The molecule has 6 N–H and O–H groups in total. The summed E-state index contributed by atoms with van der Waals surface area (Å²) in [6, 6.07) is 33.2. The van der Waals surface area contributed by atoms with E-state index in [1.54, 1.807) is 18.8 Å². The average Bonchev–Trinajstić information content (AvgIpc) is 3.65. The van der Waals surface area contributed by atoms with E-state index in [0.29, 0.717) is 57.3 Å².